The molecule has 2 saturated carbocycles. The molecule has 0 radical (unpaired) electrons. The van der Waals surface area contributed by atoms with E-state index in [0.29, 0.717) is 17.8 Å². The minimum Gasteiger partial charge on any atom is -0.459 e. The van der Waals surface area contributed by atoms with Crippen LogP contribution in [0.2, 0.25) is 0 Å². The predicted molar refractivity (Wildman–Crippen MR) is 112 cm³/mol. The Bertz CT molecular complexity index is 555. The van der Waals surface area contributed by atoms with Gasteiger partial charge in [-0.05, 0) is 83.0 Å². The first-order valence-electron chi connectivity index (χ1n) is 11.5. The van der Waals surface area contributed by atoms with Gasteiger partial charge in [0.25, 0.3) is 0 Å². The van der Waals surface area contributed by atoms with Crippen LogP contribution < -0.4 is 0 Å². The Hall–Kier alpha value is -1.06. The summed E-state index contributed by atoms with van der Waals surface area (Å²) in [6, 6.07) is 0. The molecule has 0 aliphatic heterocycles. The maximum absolute atomic E-state index is 12.2. The predicted octanol–water partition coefficient (Wildman–Crippen LogP) is 5.92. The lowest BCUT2D eigenvalue weighted by molar-refractivity contribution is -0.168. The van der Waals surface area contributed by atoms with Gasteiger partial charge in [-0.3, -0.25) is 9.59 Å². The lowest BCUT2D eigenvalue weighted by Gasteiger charge is -2.41. The Labute approximate surface area is 172 Å². The highest BCUT2D eigenvalue weighted by molar-refractivity contribution is 5.72. The monoisotopic (exact) mass is 394 g/mol. The second-order valence-electron chi connectivity index (χ2n) is 10.4. The third kappa shape index (κ3) is 5.51. The van der Waals surface area contributed by atoms with Gasteiger partial charge >= 0.3 is 11.9 Å². The van der Waals surface area contributed by atoms with E-state index >= 15 is 0 Å². The van der Waals surface area contributed by atoms with E-state index in [-0.39, 0.29) is 35.0 Å². The number of hydrogen-bond acceptors (Lipinski definition) is 4. The number of carbonyl (C=O) groups excluding carboxylic acids is 2. The van der Waals surface area contributed by atoms with Gasteiger partial charge in [-0.15, -0.1) is 0 Å². The summed E-state index contributed by atoms with van der Waals surface area (Å²) >= 11 is 0. The topological polar surface area (TPSA) is 52.6 Å². The number of ether oxygens (including phenoxy) is 2. The van der Waals surface area contributed by atoms with Crippen LogP contribution >= 0.6 is 0 Å². The van der Waals surface area contributed by atoms with Crippen LogP contribution in [0.4, 0.5) is 0 Å². The molecule has 0 bridgehead atoms. The summed E-state index contributed by atoms with van der Waals surface area (Å²) in [5.74, 6) is 1.35. The van der Waals surface area contributed by atoms with E-state index in [2.05, 4.69) is 20.8 Å². The maximum atomic E-state index is 12.2. The fraction of sp³-hybridized carbons (Fsp3) is 0.917. The molecule has 0 N–H and O–H groups in total. The molecule has 2 aliphatic rings. The smallest absolute Gasteiger partial charge is 0.308 e. The van der Waals surface area contributed by atoms with Crippen molar-refractivity contribution in [3.63, 3.8) is 0 Å². The fourth-order valence-corrected chi connectivity index (χ4v) is 5.14. The van der Waals surface area contributed by atoms with Crippen LogP contribution in [0, 0.1) is 29.6 Å². The van der Waals surface area contributed by atoms with Crippen molar-refractivity contribution in [1.82, 2.24) is 0 Å². The SMILES string of the molecule is CCC(C)(OC(=O)C(C)C)C1CCC(C2CCCC(C)(OC(=O)C(C)C)C2)C1. The summed E-state index contributed by atoms with van der Waals surface area (Å²) in [7, 11) is 0. The maximum Gasteiger partial charge on any atom is 0.308 e. The second-order valence-corrected chi connectivity index (χ2v) is 10.4. The molecule has 0 aromatic rings. The van der Waals surface area contributed by atoms with Crippen LogP contribution in [0.3, 0.4) is 0 Å². The molecule has 5 unspecified atom stereocenters. The highest BCUT2D eigenvalue weighted by Gasteiger charge is 2.46. The number of hydrogen-bond donors (Lipinski definition) is 0. The van der Waals surface area contributed by atoms with E-state index in [0.717, 1.165) is 38.5 Å². The molecule has 4 heteroatoms. The quantitative estimate of drug-likeness (QED) is 0.503. The molecule has 0 amide bonds. The van der Waals surface area contributed by atoms with Crippen molar-refractivity contribution < 1.29 is 19.1 Å². The summed E-state index contributed by atoms with van der Waals surface area (Å²) in [5.41, 5.74) is -0.682. The standard InChI is InChI=1S/C24H42O4/c1-8-24(7,28-22(26)17(4)5)20-12-11-18(14-20)19-10-9-13-23(6,15-19)27-21(25)16(2)3/h16-20H,8-15H2,1-7H3. The molecule has 4 nitrogen and oxygen atoms in total. The summed E-state index contributed by atoms with van der Waals surface area (Å²) in [6.45, 7) is 14.0. The zero-order chi connectivity index (χ0) is 21.1. The molecule has 0 saturated heterocycles. The van der Waals surface area contributed by atoms with Crippen molar-refractivity contribution in [2.75, 3.05) is 0 Å². The lowest BCUT2D eigenvalue weighted by atomic mass is 9.72. The number of esters is 2. The van der Waals surface area contributed by atoms with Crippen LogP contribution in [0.25, 0.3) is 0 Å². The highest BCUT2D eigenvalue weighted by Crippen LogP contribution is 2.49. The van der Waals surface area contributed by atoms with Gasteiger partial charge in [0.2, 0.25) is 0 Å². The molecule has 0 aromatic carbocycles. The molecule has 0 aromatic heterocycles. The number of carbonyl (C=O) groups is 2. The molecular formula is C24H42O4. The molecular weight excluding hydrogens is 352 g/mol. The van der Waals surface area contributed by atoms with Crippen molar-refractivity contribution in [1.29, 1.82) is 0 Å². The third-order valence-electron chi connectivity index (χ3n) is 7.30. The van der Waals surface area contributed by atoms with Crippen molar-refractivity contribution in [3.8, 4) is 0 Å². The Balaban J connectivity index is 2.00. The van der Waals surface area contributed by atoms with Gasteiger partial charge in [-0.1, -0.05) is 34.6 Å². The molecule has 0 heterocycles. The second kappa shape index (κ2) is 9.17. The van der Waals surface area contributed by atoms with E-state index in [4.69, 9.17) is 9.47 Å². The summed E-state index contributed by atoms with van der Waals surface area (Å²) < 4.78 is 11.9. The molecule has 5 atom stereocenters. The number of rotatable bonds is 7. The first kappa shape index (κ1) is 23.2. The average molecular weight is 395 g/mol. The van der Waals surface area contributed by atoms with E-state index in [1.54, 1.807) is 0 Å². The van der Waals surface area contributed by atoms with Crippen LogP contribution in [-0.4, -0.2) is 23.1 Å². The van der Waals surface area contributed by atoms with Gasteiger partial charge in [0.1, 0.15) is 11.2 Å². The molecule has 2 fully saturated rings. The molecule has 2 rings (SSSR count). The average Bonchev–Trinajstić information content (AvgIpc) is 3.12. The minimum absolute atomic E-state index is 0.0750. The Morgan fingerprint density at radius 3 is 2.25 bits per heavy atom. The molecule has 28 heavy (non-hydrogen) atoms. The van der Waals surface area contributed by atoms with Crippen LogP contribution in [0.15, 0.2) is 0 Å². The summed E-state index contributed by atoms with van der Waals surface area (Å²) in [5, 5.41) is 0. The Morgan fingerprint density at radius 2 is 1.68 bits per heavy atom. The summed E-state index contributed by atoms with van der Waals surface area (Å²) in [4.78, 5) is 24.4. The zero-order valence-corrected chi connectivity index (χ0v) is 19.2. The minimum atomic E-state index is -0.363. The Kier molecular flexibility index (Phi) is 7.61. The highest BCUT2D eigenvalue weighted by atomic mass is 16.6. The van der Waals surface area contributed by atoms with Crippen molar-refractivity contribution in [2.45, 2.75) is 111 Å². The van der Waals surface area contributed by atoms with E-state index in [1.165, 1.54) is 12.8 Å². The largest absolute Gasteiger partial charge is 0.459 e. The lowest BCUT2D eigenvalue weighted by Crippen LogP contribution is -2.41. The van der Waals surface area contributed by atoms with E-state index < -0.39 is 0 Å². The van der Waals surface area contributed by atoms with Gasteiger partial charge in [-0.25, -0.2) is 0 Å². The van der Waals surface area contributed by atoms with E-state index in [1.807, 2.05) is 27.7 Å². The van der Waals surface area contributed by atoms with Crippen LogP contribution in [0.1, 0.15) is 99.8 Å². The van der Waals surface area contributed by atoms with Crippen molar-refractivity contribution >= 4 is 11.9 Å². The van der Waals surface area contributed by atoms with Gasteiger partial charge in [0.15, 0.2) is 0 Å². The third-order valence-corrected chi connectivity index (χ3v) is 7.30. The van der Waals surface area contributed by atoms with Crippen LogP contribution in [-0.2, 0) is 19.1 Å². The van der Waals surface area contributed by atoms with Gasteiger partial charge in [0, 0.05) is 0 Å². The first-order valence-corrected chi connectivity index (χ1v) is 11.5. The van der Waals surface area contributed by atoms with Gasteiger partial charge in [-0.2, -0.15) is 0 Å². The normalized spacial score (nSPS) is 33.0. The summed E-state index contributed by atoms with van der Waals surface area (Å²) in [6.07, 6.45) is 8.58. The van der Waals surface area contributed by atoms with E-state index in [9.17, 15) is 9.59 Å². The van der Waals surface area contributed by atoms with Crippen molar-refractivity contribution in [3.05, 3.63) is 0 Å². The first-order chi connectivity index (χ1) is 13.0. The molecule has 162 valence electrons. The zero-order valence-electron chi connectivity index (χ0n) is 19.2. The van der Waals surface area contributed by atoms with Crippen LogP contribution in [0.5, 0.6) is 0 Å². The Morgan fingerprint density at radius 1 is 1.04 bits per heavy atom. The van der Waals surface area contributed by atoms with Gasteiger partial charge in [0.05, 0.1) is 11.8 Å². The molecule has 2 aliphatic carbocycles. The van der Waals surface area contributed by atoms with Crippen molar-refractivity contribution in [2.24, 2.45) is 29.6 Å². The van der Waals surface area contributed by atoms with Gasteiger partial charge < -0.3 is 9.47 Å². The fourth-order valence-electron chi connectivity index (χ4n) is 5.14. The molecule has 0 spiro atoms.